The molecule has 21 heavy (non-hydrogen) atoms. The molecular weight excluding hydrogens is 344 g/mol. The lowest BCUT2D eigenvalue weighted by Crippen LogP contribution is -2.42. The smallest absolute Gasteiger partial charge is 0.307 e. The van der Waals surface area contributed by atoms with E-state index in [-0.39, 0.29) is 21.6 Å². The first kappa shape index (κ1) is 16.1. The Bertz CT molecular complexity index is 686. The van der Waals surface area contributed by atoms with Crippen LogP contribution in [0.25, 0.3) is 0 Å². The van der Waals surface area contributed by atoms with E-state index in [1.54, 1.807) is 0 Å². The first-order valence-electron chi connectivity index (χ1n) is 5.90. The zero-order valence-electron chi connectivity index (χ0n) is 10.6. The normalized spacial score (nSPS) is 20.3. The van der Waals surface area contributed by atoms with Gasteiger partial charge in [-0.05, 0) is 12.8 Å². The van der Waals surface area contributed by atoms with Crippen LogP contribution >= 0.6 is 22.9 Å². The number of aliphatic carboxylic acids is 1. The predicted octanol–water partition coefficient (Wildman–Crippen LogP) is 1.80. The summed E-state index contributed by atoms with van der Waals surface area (Å²) in [5.41, 5.74) is -0.466. The van der Waals surface area contributed by atoms with E-state index in [1.807, 2.05) is 0 Å². The van der Waals surface area contributed by atoms with Crippen molar-refractivity contribution in [1.82, 2.24) is 4.31 Å². The number of carboxylic acid groups (broad SMARTS) is 1. The number of halogens is 1. The first-order chi connectivity index (χ1) is 9.73. The molecule has 2 rings (SSSR count). The molecule has 0 saturated carbocycles. The van der Waals surface area contributed by atoms with Gasteiger partial charge in [0.1, 0.15) is 4.21 Å². The van der Waals surface area contributed by atoms with Gasteiger partial charge in [0.15, 0.2) is 4.34 Å². The van der Waals surface area contributed by atoms with Crippen molar-refractivity contribution in [2.24, 2.45) is 5.92 Å². The Labute approximate surface area is 129 Å². The predicted molar refractivity (Wildman–Crippen MR) is 75.1 cm³/mol. The van der Waals surface area contributed by atoms with Crippen LogP contribution in [-0.2, 0) is 14.8 Å². The molecule has 1 N–H and O–H groups in total. The molecular formula is C10H11ClN2O6S2. The molecule has 1 aliphatic rings. The quantitative estimate of drug-likeness (QED) is 0.650. The van der Waals surface area contributed by atoms with Crippen LogP contribution in [0.15, 0.2) is 10.3 Å². The fraction of sp³-hybridized carbons (Fsp3) is 0.500. The Hall–Kier alpha value is -1.23. The lowest BCUT2D eigenvalue weighted by Gasteiger charge is -2.29. The van der Waals surface area contributed by atoms with Crippen molar-refractivity contribution in [3.8, 4) is 0 Å². The lowest BCUT2D eigenvalue weighted by molar-refractivity contribution is -0.384. The third-order valence-electron chi connectivity index (χ3n) is 3.17. The summed E-state index contributed by atoms with van der Waals surface area (Å²) in [6.07, 6.45) is 0.837. The Balaban J connectivity index is 2.31. The molecule has 0 radical (unpaired) electrons. The number of nitrogens with zero attached hydrogens (tertiary/aromatic N) is 2. The standard InChI is InChI=1S/C10H11ClN2O6S2/c11-9-7(13(16)17)4-8(20-9)21(18,19)12-3-1-2-6(5-12)10(14)15/h4,6H,1-3,5H2,(H,14,15)/t6-/m1/s1. The second-order valence-electron chi connectivity index (χ2n) is 4.52. The monoisotopic (exact) mass is 354 g/mol. The number of hydrogen-bond donors (Lipinski definition) is 1. The van der Waals surface area contributed by atoms with Crippen LogP contribution in [0, 0.1) is 16.0 Å². The van der Waals surface area contributed by atoms with Crippen LogP contribution in [0.1, 0.15) is 12.8 Å². The van der Waals surface area contributed by atoms with Gasteiger partial charge in [0.2, 0.25) is 0 Å². The van der Waals surface area contributed by atoms with Gasteiger partial charge in [0.05, 0.1) is 10.8 Å². The van der Waals surface area contributed by atoms with E-state index in [4.69, 9.17) is 16.7 Å². The van der Waals surface area contributed by atoms with Gasteiger partial charge in [-0.3, -0.25) is 14.9 Å². The average Bonchev–Trinajstić information content (AvgIpc) is 2.82. The van der Waals surface area contributed by atoms with Crippen molar-refractivity contribution in [1.29, 1.82) is 0 Å². The van der Waals surface area contributed by atoms with Crippen molar-refractivity contribution in [2.75, 3.05) is 13.1 Å². The number of thiophene rings is 1. The maximum atomic E-state index is 12.4. The highest BCUT2D eigenvalue weighted by molar-refractivity contribution is 7.91. The van der Waals surface area contributed by atoms with E-state index >= 15 is 0 Å². The summed E-state index contributed by atoms with van der Waals surface area (Å²) in [6, 6.07) is 0.909. The zero-order chi connectivity index (χ0) is 15.8. The maximum absolute atomic E-state index is 12.4. The number of rotatable bonds is 4. The van der Waals surface area contributed by atoms with Crippen LogP contribution < -0.4 is 0 Å². The van der Waals surface area contributed by atoms with E-state index in [0.29, 0.717) is 24.2 Å². The van der Waals surface area contributed by atoms with Crippen molar-refractivity contribution < 1.29 is 23.2 Å². The molecule has 1 fully saturated rings. The average molecular weight is 355 g/mol. The summed E-state index contributed by atoms with van der Waals surface area (Å²) in [4.78, 5) is 20.9. The molecule has 0 aliphatic carbocycles. The number of carboxylic acids is 1. The van der Waals surface area contributed by atoms with Gasteiger partial charge in [-0.25, -0.2) is 8.42 Å². The highest BCUT2D eigenvalue weighted by Gasteiger charge is 2.35. The lowest BCUT2D eigenvalue weighted by atomic mass is 10.0. The van der Waals surface area contributed by atoms with E-state index < -0.39 is 32.5 Å². The Kier molecular flexibility index (Phi) is 4.51. The molecule has 0 amide bonds. The van der Waals surface area contributed by atoms with Crippen molar-refractivity contribution in [2.45, 2.75) is 17.1 Å². The molecule has 0 spiro atoms. The molecule has 8 nitrogen and oxygen atoms in total. The minimum atomic E-state index is -3.96. The molecule has 1 aliphatic heterocycles. The third-order valence-corrected chi connectivity index (χ3v) is 6.82. The molecule has 0 aromatic carbocycles. The summed E-state index contributed by atoms with van der Waals surface area (Å²) < 4.78 is 25.4. The van der Waals surface area contributed by atoms with Gasteiger partial charge in [-0.1, -0.05) is 11.6 Å². The van der Waals surface area contributed by atoms with Crippen LogP contribution in [0.3, 0.4) is 0 Å². The fourth-order valence-electron chi connectivity index (χ4n) is 2.08. The van der Waals surface area contributed by atoms with Gasteiger partial charge in [-0.2, -0.15) is 4.31 Å². The molecule has 2 heterocycles. The minimum absolute atomic E-state index is 0.138. The van der Waals surface area contributed by atoms with E-state index in [9.17, 15) is 23.3 Å². The van der Waals surface area contributed by atoms with E-state index in [2.05, 4.69) is 0 Å². The van der Waals surface area contributed by atoms with Gasteiger partial charge in [0, 0.05) is 19.2 Å². The van der Waals surface area contributed by atoms with Crippen molar-refractivity contribution in [3.05, 3.63) is 20.5 Å². The van der Waals surface area contributed by atoms with Gasteiger partial charge < -0.3 is 5.11 Å². The summed E-state index contributed by atoms with van der Waals surface area (Å²) in [7, 11) is -3.96. The van der Waals surface area contributed by atoms with E-state index in [1.165, 1.54) is 0 Å². The zero-order valence-corrected chi connectivity index (χ0v) is 12.9. The largest absolute Gasteiger partial charge is 0.481 e. The summed E-state index contributed by atoms with van der Waals surface area (Å²) in [5, 5.41) is 19.7. The molecule has 11 heteroatoms. The van der Waals surface area contributed by atoms with Gasteiger partial charge in [-0.15, -0.1) is 11.3 Å². The summed E-state index contributed by atoms with van der Waals surface area (Å²) >= 11 is 6.26. The summed E-state index contributed by atoms with van der Waals surface area (Å²) in [6.45, 7) is 0.0520. The minimum Gasteiger partial charge on any atom is -0.481 e. The topological polar surface area (TPSA) is 118 Å². The second kappa shape index (κ2) is 5.87. The first-order valence-corrected chi connectivity index (χ1v) is 8.53. The Morgan fingerprint density at radius 1 is 1.57 bits per heavy atom. The maximum Gasteiger partial charge on any atom is 0.307 e. The highest BCUT2D eigenvalue weighted by atomic mass is 35.5. The molecule has 0 unspecified atom stereocenters. The van der Waals surface area contributed by atoms with Crippen molar-refractivity contribution in [3.63, 3.8) is 0 Å². The van der Waals surface area contributed by atoms with E-state index in [0.717, 1.165) is 10.4 Å². The van der Waals surface area contributed by atoms with Crippen LogP contribution in [0.2, 0.25) is 4.34 Å². The highest BCUT2D eigenvalue weighted by Crippen LogP contribution is 2.38. The number of carbonyl (C=O) groups is 1. The molecule has 1 atom stereocenters. The molecule has 1 aromatic rings. The van der Waals surface area contributed by atoms with Gasteiger partial charge in [0.25, 0.3) is 15.7 Å². The fourth-order valence-corrected chi connectivity index (χ4v) is 5.42. The SMILES string of the molecule is O=C(O)[C@@H]1CCCN(S(=O)(=O)c2cc([N+](=O)[O-])c(Cl)s2)C1. The molecule has 1 aromatic heterocycles. The Morgan fingerprint density at radius 2 is 2.24 bits per heavy atom. The number of nitro groups is 1. The number of sulfonamides is 1. The van der Waals surface area contributed by atoms with Gasteiger partial charge >= 0.3 is 5.97 Å². The number of hydrogen-bond acceptors (Lipinski definition) is 6. The Morgan fingerprint density at radius 3 is 2.76 bits per heavy atom. The van der Waals surface area contributed by atoms with Crippen LogP contribution in [0.5, 0.6) is 0 Å². The van der Waals surface area contributed by atoms with Crippen LogP contribution in [0.4, 0.5) is 5.69 Å². The third kappa shape index (κ3) is 3.18. The second-order valence-corrected chi connectivity index (χ2v) is 8.34. The van der Waals surface area contributed by atoms with Crippen molar-refractivity contribution >= 4 is 44.6 Å². The number of piperidine rings is 1. The molecule has 116 valence electrons. The molecule has 0 bridgehead atoms. The van der Waals surface area contributed by atoms with Crippen LogP contribution in [-0.4, -0.2) is 41.8 Å². The molecule has 1 saturated heterocycles. The summed E-state index contributed by atoms with van der Waals surface area (Å²) in [5.74, 6) is -1.82.